The van der Waals surface area contributed by atoms with Gasteiger partial charge in [-0.2, -0.15) is 0 Å². The van der Waals surface area contributed by atoms with Gasteiger partial charge in [0.15, 0.2) is 0 Å². The average Bonchev–Trinajstić information content (AvgIpc) is 2.67. The van der Waals surface area contributed by atoms with Crippen molar-refractivity contribution in [2.75, 3.05) is 6.26 Å². The molecule has 3 nitrogen and oxygen atoms in total. The number of rotatable bonds is 2. The van der Waals surface area contributed by atoms with E-state index < -0.39 is 0 Å². The molecule has 0 aliphatic rings. The van der Waals surface area contributed by atoms with Gasteiger partial charge < -0.3 is 4.42 Å². The number of aromatic nitrogens is 2. The zero-order valence-electron chi connectivity index (χ0n) is 7.40. The van der Waals surface area contributed by atoms with Gasteiger partial charge in [0.2, 0.25) is 5.89 Å². The maximum atomic E-state index is 5.76. The molecule has 0 saturated carbocycles. The van der Waals surface area contributed by atoms with Gasteiger partial charge in [-0.3, -0.25) is 0 Å². The SMILES string of the molecule is CSc1nnc(-c2ccc(Cl)cc2)o1. The summed E-state index contributed by atoms with van der Waals surface area (Å²) >= 11 is 7.18. The lowest BCUT2D eigenvalue weighted by molar-refractivity contribution is 0.466. The van der Waals surface area contributed by atoms with E-state index in [0.29, 0.717) is 16.1 Å². The number of nitrogens with zero attached hydrogens (tertiary/aromatic N) is 2. The minimum absolute atomic E-state index is 0.519. The van der Waals surface area contributed by atoms with E-state index in [-0.39, 0.29) is 0 Å². The van der Waals surface area contributed by atoms with Gasteiger partial charge in [-0.15, -0.1) is 10.2 Å². The molecule has 5 heteroatoms. The molecule has 0 saturated heterocycles. The van der Waals surface area contributed by atoms with Crippen molar-refractivity contribution < 1.29 is 4.42 Å². The van der Waals surface area contributed by atoms with Crippen molar-refractivity contribution in [1.82, 2.24) is 10.2 Å². The van der Waals surface area contributed by atoms with Crippen LogP contribution >= 0.6 is 23.4 Å². The molecule has 0 aliphatic heterocycles. The largest absolute Gasteiger partial charge is 0.411 e. The first kappa shape index (κ1) is 9.55. The molecule has 0 aliphatic carbocycles. The molecule has 72 valence electrons. The number of hydrogen-bond acceptors (Lipinski definition) is 4. The summed E-state index contributed by atoms with van der Waals surface area (Å²) in [4.78, 5) is 0. The summed E-state index contributed by atoms with van der Waals surface area (Å²) in [5, 5.41) is 9.01. The van der Waals surface area contributed by atoms with Crippen molar-refractivity contribution in [1.29, 1.82) is 0 Å². The Morgan fingerprint density at radius 2 is 1.93 bits per heavy atom. The fourth-order valence-electron chi connectivity index (χ4n) is 1.00. The molecule has 0 radical (unpaired) electrons. The Balaban J connectivity index is 2.34. The van der Waals surface area contributed by atoms with E-state index in [1.807, 2.05) is 18.4 Å². The quantitative estimate of drug-likeness (QED) is 0.738. The molecule has 0 atom stereocenters. The van der Waals surface area contributed by atoms with Crippen LogP contribution in [0.1, 0.15) is 0 Å². The Bertz CT molecular complexity index is 427. The fraction of sp³-hybridized carbons (Fsp3) is 0.111. The highest BCUT2D eigenvalue weighted by Gasteiger charge is 2.06. The average molecular weight is 227 g/mol. The van der Waals surface area contributed by atoms with Crippen LogP contribution in [0.5, 0.6) is 0 Å². The summed E-state index contributed by atoms with van der Waals surface area (Å²) in [5.41, 5.74) is 0.877. The van der Waals surface area contributed by atoms with Gasteiger partial charge in [-0.1, -0.05) is 23.4 Å². The Morgan fingerprint density at radius 1 is 1.21 bits per heavy atom. The highest BCUT2D eigenvalue weighted by atomic mass is 35.5. The molecule has 1 heterocycles. The van der Waals surface area contributed by atoms with Crippen molar-refractivity contribution in [2.45, 2.75) is 5.22 Å². The maximum absolute atomic E-state index is 5.76. The van der Waals surface area contributed by atoms with Crippen LogP contribution in [0.25, 0.3) is 11.5 Å². The number of benzene rings is 1. The summed E-state index contributed by atoms with van der Waals surface area (Å²) < 4.78 is 5.36. The van der Waals surface area contributed by atoms with Gasteiger partial charge in [0.05, 0.1) is 0 Å². The van der Waals surface area contributed by atoms with Crippen LogP contribution in [0.4, 0.5) is 0 Å². The normalized spacial score (nSPS) is 10.4. The Labute approximate surface area is 90.5 Å². The molecule has 0 unspecified atom stereocenters. The van der Waals surface area contributed by atoms with E-state index in [0.717, 1.165) is 5.56 Å². The molecular formula is C9H7ClN2OS. The van der Waals surface area contributed by atoms with Crippen LogP contribution < -0.4 is 0 Å². The van der Waals surface area contributed by atoms with Crippen LogP contribution in [-0.4, -0.2) is 16.5 Å². The third-order valence-electron chi connectivity index (χ3n) is 1.67. The van der Waals surface area contributed by atoms with E-state index in [1.165, 1.54) is 11.8 Å². The van der Waals surface area contributed by atoms with Crippen molar-refractivity contribution >= 4 is 23.4 Å². The second kappa shape index (κ2) is 4.02. The molecule has 0 amide bonds. The fourth-order valence-corrected chi connectivity index (χ4v) is 1.41. The van der Waals surface area contributed by atoms with Crippen LogP contribution in [0, 0.1) is 0 Å². The minimum atomic E-state index is 0.519. The third-order valence-corrected chi connectivity index (χ3v) is 2.44. The molecule has 2 aromatic rings. The number of hydrogen-bond donors (Lipinski definition) is 0. The van der Waals surface area contributed by atoms with Gasteiger partial charge in [-0.05, 0) is 30.5 Å². The predicted molar refractivity (Wildman–Crippen MR) is 56.5 cm³/mol. The third kappa shape index (κ3) is 1.91. The van der Waals surface area contributed by atoms with E-state index in [2.05, 4.69) is 10.2 Å². The molecule has 0 bridgehead atoms. The summed E-state index contributed by atoms with van der Waals surface area (Å²) in [6.07, 6.45) is 1.89. The molecule has 1 aromatic heterocycles. The van der Waals surface area contributed by atoms with E-state index >= 15 is 0 Å². The first-order valence-electron chi connectivity index (χ1n) is 3.93. The van der Waals surface area contributed by atoms with Crippen molar-refractivity contribution in [3.05, 3.63) is 29.3 Å². The topological polar surface area (TPSA) is 38.9 Å². The van der Waals surface area contributed by atoms with Gasteiger partial charge >= 0.3 is 0 Å². The number of thioether (sulfide) groups is 1. The van der Waals surface area contributed by atoms with Crippen molar-refractivity contribution in [3.63, 3.8) is 0 Å². The van der Waals surface area contributed by atoms with Crippen LogP contribution in [-0.2, 0) is 0 Å². The van der Waals surface area contributed by atoms with Crippen LogP contribution in [0.2, 0.25) is 5.02 Å². The van der Waals surface area contributed by atoms with Gasteiger partial charge in [-0.25, -0.2) is 0 Å². The Hall–Kier alpha value is -1.00. The molecule has 14 heavy (non-hydrogen) atoms. The maximum Gasteiger partial charge on any atom is 0.276 e. The Kier molecular flexibility index (Phi) is 2.74. The zero-order valence-corrected chi connectivity index (χ0v) is 8.97. The molecule has 0 fully saturated rings. The molecule has 0 spiro atoms. The summed E-state index contributed by atoms with van der Waals surface area (Å²) in [6.45, 7) is 0. The molecule has 0 N–H and O–H groups in total. The van der Waals surface area contributed by atoms with Crippen molar-refractivity contribution in [2.24, 2.45) is 0 Å². The predicted octanol–water partition coefficient (Wildman–Crippen LogP) is 3.11. The lowest BCUT2D eigenvalue weighted by Crippen LogP contribution is -1.76. The minimum Gasteiger partial charge on any atom is -0.411 e. The lowest BCUT2D eigenvalue weighted by atomic mass is 10.2. The van der Waals surface area contributed by atoms with Gasteiger partial charge in [0, 0.05) is 10.6 Å². The second-order valence-corrected chi connectivity index (χ2v) is 3.78. The Morgan fingerprint density at radius 3 is 2.50 bits per heavy atom. The monoisotopic (exact) mass is 226 g/mol. The summed E-state index contributed by atoms with van der Waals surface area (Å²) in [5.74, 6) is 0.519. The van der Waals surface area contributed by atoms with E-state index in [9.17, 15) is 0 Å². The first-order chi connectivity index (χ1) is 6.79. The molecule has 1 aromatic carbocycles. The van der Waals surface area contributed by atoms with Gasteiger partial charge in [0.1, 0.15) is 0 Å². The standard InChI is InChI=1S/C9H7ClN2OS/c1-14-9-12-11-8(13-9)6-2-4-7(10)5-3-6/h2-5H,1H3. The highest BCUT2D eigenvalue weighted by molar-refractivity contribution is 7.98. The highest BCUT2D eigenvalue weighted by Crippen LogP contribution is 2.22. The molecule has 2 rings (SSSR count). The van der Waals surface area contributed by atoms with Crippen LogP contribution in [0.15, 0.2) is 33.9 Å². The summed E-state index contributed by atoms with van der Waals surface area (Å²) in [6, 6.07) is 7.28. The molecular weight excluding hydrogens is 220 g/mol. The number of halogens is 1. The smallest absolute Gasteiger partial charge is 0.276 e. The lowest BCUT2D eigenvalue weighted by Gasteiger charge is -1.93. The van der Waals surface area contributed by atoms with Gasteiger partial charge in [0.25, 0.3) is 5.22 Å². The van der Waals surface area contributed by atoms with Crippen molar-refractivity contribution in [3.8, 4) is 11.5 Å². The van der Waals surface area contributed by atoms with Crippen LogP contribution in [0.3, 0.4) is 0 Å². The zero-order chi connectivity index (χ0) is 9.97. The van der Waals surface area contributed by atoms with E-state index in [1.54, 1.807) is 12.1 Å². The first-order valence-corrected chi connectivity index (χ1v) is 5.53. The van der Waals surface area contributed by atoms with E-state index in [4.69, 9.17) is 16.0 Å². The summed E-state index contributed by atoms with van der Waals surface area (Å²) in [7, 11) is 0. The second-order valence-electron chi connectivity index (χ2n) is 2.58.